The van der Waals surface area contributed by atoms with Gasteiger partial charge in [-0.1, -0.05) is 46.8 Å². The summed E-state index contributed by atoms with van der Waals surface area (Å²) in [6.45, 7) is 12.2. The third kappa shape index (κ3) is 4.63. The molecule has 6 nitrogen and oxygen atoms in total. The molecule has 0 amide bonds. The Labute approximate surface area is 168 Å². The number of hydrogen-bond donors (Lipinski definition) is 1. The zero-order chi connectivity index (χ0) is 20.7. The molecule has 7 heteroatoms. The van der Waals surface area contributed by atoms with E-state index < -0.39 is 10.0 Å². The summed E-state index contributed by atoms with van der Waals surface area (Å²) in [4.78, 5) is 11.9. The van der Waals surface area contributed by atoms with Crippen LogP contribution in [0.1, 0.15) is 63.2 Å². The summed E-state index contributed by atoms with van der Waals surface area (Å²) in [5.41, 5.74) is 3.86. The maximum absolute atomic E-state index is 11.7. The van der Waals surface area contributed by atoms with Gasteiger partial charge in [0.1, 0.15) is 11.6 Å². The molecule has 1 N–H and O–H groups in total. The predicted molar refractivity (Wildman–Crippen MR) is 114 cm³/mol. The van der Waals surface area contributed by atoms with E-state index in [0.29, 0.717) is 12.2 Å². The number of aromatic nitrogens is 2. The summed E-state index contributed by atoms with van der Waals surface area (Å²) in [5, 5.41) is 0. The highest BCUT2D eigenvalue weighted by Gasteiger charge is 2.24. The van der Waals surface area contributed by atoms with E-state index >= 15 is 0 Å². The van der Waals surface area contributed by atoms with Crippen molar-refractivity contribution in [3.05, 3.63) is 46.9 Å². The van der Waals surface area contributed by atoms with Gasteiger partial charge in [-0.05, 0) is 23.6 Å². The van der Waals surface area contributed by atoms with Crippen molar-refractivity contribution in [1.82, 2.24) is 9.97 Å². The minimum atomic E-state index is -3.30. The Balaban J connectivity index is 1.96. The first kappa shape index (κ1) is 20.6. The van der Waals surface area contributed by atoms with Gasteiger partial charge in [-0.25, -0.2) is 18.4 Å². The number of sulfonamides is 1. The number of rotatable bonds is 4. The number of anilines is 2. The van der Waals surface area contributed by atoms with Crippen molar-refractivity contribution in [1.29, 1.82) is 0 Å². The fourth-order valence-electron chi connectivity index (χ4n) is 3.36. The second-order valence-corrected chi connectivity index (χ2v) is 10.6. The Kier molecular flexibility index (Phi) is 5.40. The zero-order valence-corrected chi connectivity index (χ0v) is 18.4. The third-order valence-electron chi connectivity index (χ3n) is 4.90. The SMILES string of the molecule is CC(C)c1nc(N2CCc3c(cccc3NS(C)(=O)=O)C2)cc(C(C)(C)C)n1. The van der Waals surface area contributed by atoms with Crippen molar-refractivity contribution >= 4 is 21.5 Å². The van der Waals surface area contributed by atoms with Crippen molar-refractivity contribution in [2.75, 3.05) is 22.4 Å². The van der Waals surface area contributed by atoms with Crippen molar-refractivity contribution < 1.29 is 8.42 Å². The Morgan fingerprint density at radius 3 is 2.50 bits per heavy atom. The largest absolute Gasteiger partial charge is 0.352 e. The summed E-state index contributed by atoms with van der Waals surface area (Å²) in [5.74, 6) is 2.06. The standard InChI is InChI=1S/C21H30N4O2S/c1-14(2)20-22-18(21(3,4)5)12-19(23-20)25-11-10-16-15(13-25)8-7-9-17(16)24-28(6,26)27/h7-9,12,14,24H,10-11,13H2,1-6H3. The minimum Gasteiger partial charge on any atom is -0.352 e. The summed E-state index contributed by atoms with van der Waals surface area (Å²) < 4.78 is 26.0. The lowest BCUT2D eigenvalue weighted by atomic mass is 9.91. The van der Waals surface area contributed by atoms with Gasteiger partial charge in [0.25, 0.3) is 0 Å². The van der Waals surface area contributed by atoms with Crippen LogP contribution in [0.5, 0.6) is 0 Å². The minimum absolute atomic E-state index is 0.0540. The molecular weight excluding hydrogens is 372 g/mol. The van der Waals surface area contributed by atoms with E-state index in [2.05, 4.69) is 56.4 Å². The quantitative estimate of drug-likeness (QED) is 0.841. The first-order valence-corrected chi connectivity index (χ1v) is 11.6. The highest BCUT2D eigenvalue weighted by Crippen LogP contribution is 2.31. The molecule has 0 saturated carbocycles. The van der Waals surface area contributed by atoms with Crippen LogP contribution < -0.4 is 9.62 Å². The Bertz CT molecular complexity index is 978. The van der Waals surface area contributed by atoms with Crippen molar-refractivity contribution in [3.63, 3.8) is 0 Å². The Morgan fingerprint density at radius 2 is 1.89 bits per heavy atom. The molecule has 0 unspecified atom stereocenters. The lowest BCUT2D eigenvalue weighted by molar-refractivity contribution is 0.556. The summed E-state index contributed by atoms with van der Waals surface area (Å²) in [7, 11) is -3.30. The lowest BCUT2D eigenvalue weighted by Crippen LogP contribution is -2.32. The zero-order valence-electron chi connectivity index (χ0n) is 17.6. The molecule has 1 aliphatic heterocycles. The van der Waals surface area contributed by atoms with E-state index in [4.69, 9.17) is 9.97 Å². The molecule has 0 radical (unpaired) electrons. The Hall–Kier alpha value is -2.15. The molecule has 1 aromatic carbocycles. The molecule has 0 bridgehead atoms. The molecule has 0 saturated heterocycles. The Morgan fingerprint density at radius 1 is 1.18 bits per heavy atom. The van der Waals surface area contributed by atoms with Gasteiger partial charge in [0.05, 0.1) is 17.6 Å². The first-order valence-electron chi connectivity index (χ1n) is 9.67. The number of fused-ring (bicyclic) bond motifs is 1. The molecular formula is C21H30N4O2S. The molecule has 1 aliphatic rings. The second kappa shape index (κ2) is 7.35. The van der Waals surface area contributed by atoms with Gasteiger partial charge in [-0.3, -0.25) is 4.72 Å². The first-order chi connectivity index (χ1) is 12.9. The van der Waals surface area contributed by atoms with E-state index in [1.165, 1.54) is 6.26 Å². The van der Waals surface area contributed by atoms with Gasteiger partial charge < -0.3 is 4.90 Å². The van der Waals surface area contributed by atoms with Crippen LogP contribution >= 0.6 is 0 Å². The van der Waals surface area contributed by atoms with Crippen LogP contribution in [-0.4, -0.2) is 31.2 Å². The van der Waals surface area contributed by atoms with E-state index in [1.54, 1.807) is 0 Å². The van der Waals surface area contributed by atoms with Crippen LogP contribution in [0.3, 0.4) is 0 Å². The van der Waals surface area contributed by atoms with E-state index in [1.807, 2.05) is 12.1 Å². The smallest absolute Gasteiger partial charge is 0.229 e. The maximum atomic E-state index is 11.7. The monoisotopic (exact) mass is 402 g/mol. The molecule has 28 heavy (non-hydrogen) atoms. The number of nitrogens with zero attached hydrogens (tertiary/aromatic N) is 3. The molecule has 0 atom stereocenters. The third-order valence-corrected chi connectivity index (χ3v) is 5.49. The highest BCUT2D eigenvalue weighted by atomic mass is 32.2. The van der Waals surface area contributed by atoms with Gasteiger partial charge in [0, 0.05) is 30.5 Å². The molecule has 0 aliphatic carbocycles. The topological polar surface area (TPSA) is 75.2 Å². The maximum Gasteiger partial charge on any atom is 0.229 e. The van der Waals surface area contributed by atoms with E-state index in [9.17, 15) is 8.42 Å². The summed E-state index contributed by atoms with van der Waals surface area (Å²) >= 11 is 0. The summed E-state index contributed by atoms with van der Waals surface area (Å²) in [6.07, 6.45) is 1.95. The van der Waals surface area contributed by atoms with E-state index in [-0.39, 0.29) is 11.3 Å². The molecule has 0 spiro atoms. The molecule has 152 valence electrons. The van der Waals surface area contributed by atoms with Crippen LogP contribution in [0.4, 0.5) is 11.5 Å². The number of benzene rings is 1. The van der Waals surface area contributed by atoms with Crippen LogP contribution in [0, 0.1) is 0 Å². The van der Waals surface area contributed by atoms with Crippen LogP contribution in [-0.2, 0) is 28.4 Å². The van der Waals surface area contributed by atoms with Gasteiger partial charge in [-0.15, -0.1) is 0 Å². The molecule has 2 heterocycles. The average molecular weight is 403 g/mol. The molecule has 3 rings (SSSR count). The van der Waals surface area contributed by atoms with Crippen molar-refractivity contribution in [2.45, 2.75) is 58.9 Å². The fraction of sp³-hybridized carbons (Fsp3) is 0.524. The van der Waals surface area contributed by atoms with Crippen LogP contribution in [0.2, 0.25) is 0 Å². The van der Waals surface area contributed by atoms with Crippen LogP contribution in [0.25, 0.3) is 0 Å². The average Bonchev–Trinajstić information content (AvgIpc) is 2.59. The van der Waals surface area contributed by atoms with Crippen molar-refractivity contribution in [3.8, 4) is 0 Å². The van der Waals surface area contributed by atoms with Crippen molar-refractivity contribution in [2.24, 2.45) is 0 Å². The fourth-order valence-corrected chi connectivity index (χ4v) is 3.95. The number of nitrogens with one attached hydrogen (secondary N) is 1. The predicted octanol–water partition coefficient (Wildman–Crippen LogP) is 3.83. The highest BCUT2D eigenvalue weighted by molar-refractivity contribution is 7.92. The van der Waals surface area contributed by atoms with Gasteiger partial charge in [0.2, 0.25) is 10.0 Å². The second-order valence-electron chi connectivity index (χ2n) is 8.86. The molecule has 1 aromatic heterocycles. The normalized spacial score (nSPS) is 14.9. The summed E-state index contributed by atoms with van der Waals surface area (Å²) in [6, 6.07) is 7.88. The van der Waals surface area contributed by atoms with Gasteiger partial charge in [-0.2, -0.15) is 0 Å². The lowest BCUT2D eigenvalue weighted by Gasteiger charge is -2.32. The van der Waals surface area contributed by atoms with Crippen LogP contribution in [0.15, 0.2) is 24.3 Å². The van der Waals surface area contributed by atoms with Gasteiger partial charge in [0.15, 0.2) is 0 Å². The van der Waals surface area contributed by atoms with E-state index in [0.717, 1.165) is 41.4 Å². The molecule has 0 fully saturated rings. The molecule has 2 aromatic rings. The number of hydrogen-bond acceptors (Lipinski definition) is 5. The van der Waals surface area contributed by atoms with Gasteiger partial charge >= 0.3 is 0 Å².